The number of rotatable bonds is 7. The van der Waals surface area contributed by atoms with Crippen molar-refractivity contribution in [2.24, 2.45) is 0 Å². The maximum Gasteiger partial charge on any atom is 0.317 e. The van der Waals surface area contributed by atoms with Gasteiger partial charge in [0, 0.05) is 25.2 Å². The van der Waals surface area contributed by atoms with Crippen LogP contribution in [0.4, 0.5) is 4.79 Å². The van der Waals surface area contributed by atoms with Crippen molar-refractivity contribution in [2.75, 3.05) is 26.2 Å². The molecule has 1 saturated heterocycles. The fourth-order valence-corrected chi connectivity index (χ4v) is 2.92. The first-order valence-corrected chi connectivity index (χ1v) is 8.07. The minimum Gasteiger partial charge on any atom is -0.481 e. The zero-order chi connectivity index (χ0) is 15.2. The molecule has 120 valence electrons. The fraction of sp³-hybridized carbons (Fsp3) is 0.867. The van der Waals surface area contributed by atoms with Crippen molar-refractivity contribution in [1.29, 1.82) is 0 Å². The van der Waals surface area contributed by atoms with Crippen LogP contribution in [0.3, 0.4) is 0 Å². The molecule has 0 bridgehead atoms. The minimum absolute atomic E-state index is 0.0183. The van der Waals surface area contributed by atoms with E-state index in [2.05, 4.69) is 10.2 Å². The second-order valence-corrected chi connectivity index (χ2v) is 6.28. The van der Waals surface area contributed by atoms with Crippen molar-refractivity contribution >= 4 is 12.0 Å². The van der Waals surface area contributed by atoms with Gasteiger partial charge in [-0.25, -0.2) is 4.79 Å². The molecule has 21 heavy (non-hydrogen) atoms. The molecule has 0 aromatic heterocycles. The van der Waals surface area contributed by atoms with Crippen LogP contribution < -0.4 is 5.32 Å². The molecule has 6 nitrogen and oxygen atoms in total. The van der Waals surface area contributed by atoms with E-state index in [-0.39, 0.29) is 24.5 Å². The van der Waals surface area contributed by atoms with Gasteiger partial charge in [0.1, 0.15) is 0 Å². The van der Waals surface area contributed by atoms with Crippen LogP contribution in [0.15, 0.2) is 0 Å². The van der Waals surface area contributed by atoms with Crippen molar-refractivity contribution in [3.8, 4) is 0 Å². The van der Waals surface area contributed by atoms with Crippen LogP contribution in [-0.2, 0) is 4.79 Å². The first-order chi connectivity index (χ1) is 10.1. The highest BCUT2D eigenvalue weighted by Crippen LogP contribution is 2.27. The molecule has 2 fully saturated rings. The Morgan fingerprint density at radius 1 is 1.29 bits per heavy atom. The molecule has 0 aromatic carbocycles. The molecule has 6 heteroatoms. The summed E-state index contributed by atoms with van der Waals surface area (Å²) in [4.78, 5) is 27.1. The van der Waals surface area contributed by atoms with Crippen molar-refractivity contribution in [3.63, 3.8) is 0 Å². The summed E-state index contributed by atoms with van der Waals surface area (Å²) < 4.78 is 0. The Bertz CT molecular complexity index is 365. The predicted molar refractivity (Wildman–Crippen MR) is 80.3 cm³/mol. The molecule has 1 unspecified atom stereocenters. The molecule has 2 aliphatic rings. The van der Waals surface area contributed by atoms with E-state index in [4.69, 9.17) is 5.11 Å². The Labute approximate surface area is 126 Å². The SMILES string of the molecule is CC(CN1CCCCC1)NC(=O)N(CCC(=O)O)C1CC1. The summed E-state index contributed by atoms with van der Waals surface area (Å²) in [6, 6.07) is 0.233. The van der Waals surface area contributed by atoms with Gasteiger partial charge in [-0.3, -0.25) is 4.79 Å². The van der Waals surface area contributed by atoms with E-state index in [0.29, 0.717) is 6.54 Å². The number of hydrogen-bond acceptors (Lipinski definition) is 3. The first kappa shape index (κ1) is 16.1. The normalized spacial score (nSPS) is 20.8. The number of nitrogens with one attached hydrogen (secondary N) is 1. The van der Waals surface area contributed by atoms with E-state index in [1.54, 1.807) is 4.90 Å². The number of piperidine rings is 1. The summed E-state index contributed by atoms with van der Waals surface area (Å²) in [6.45, 7) is 5.44. The van der Waals surface area contributed by atoms with Crippen LogP contribution in [0.5, 0.6) is 0 Å². The molecule has 0 radical (unpaired) electrons. The molecule has 0 spiro atoms. The van der Waals surface area contributed by atoms with Gasteiger partial charge in [0.15, 0.2) is 0 Å². The Balaban J connectivity index is 1.75. The zero-order valence-electron chi connectivity index (χ0n) is 12.9. The van der Waals surface area contributed by atoms with Crippen molar-refractivity contribution in [3.05, 3.63) is 0 Å². The average molecular weight is 297 g/mol. The number of urea groups is 1. The van der Waals surface area contributed by atoms with Crippen LogP contribution in [0, 0.1) is 0 Å². The topological polar surface area (TPSA) is 72.9 Å². The monoisotopic (exact) mass is 297 g/mol. The lowest BCUT2D eigenvalue weighted by Gasteiger charge is -2.31. The van der Waals surface area contributed by atoms with E-state index in [1.165, 1.54) is 19.3 Å². The second-order valence-electron chi connectivity index (χ2n) is 6.28. The van der Waals surface area contributed by atoms with Crippen LogP contribution in [-0.4, -0.2) is 65.2 Å². The number of carbonyl (C=O) groups is 2. The fourth-order valence-electron chi connectivity index (χ4n) is 2.92. The third-order valence-corrected chi connectivity index (χ3v) is 4.17. The van der Waals surface area contributed by atoms with Gasteiger partial charge in [-0.1, -0.05) is 6.42 Å². The number of aliphatic carboxylic acids is 1. The quantitative estimate of drug-likeness (QED) is 0.747. The van der Waals surface area contributed by atoms with E-state index in [1.807, 2.05) is 6.92 Å². The summed E-state index contributed by atoms with van der Waals surface area (Å²) in [7, 11) is 0. The molecule has 2 N–H and O–H groups in total. The molecule has 2 amide bonds. The number of carboxylic acids is 1. The van der Waals surface area contributed by atoms with Crippen molar-refractivity contribution < 1.29 is 14.7 Å². The number of carbonyl (C=O) groups excluding carboxylic acids is 1. The molecular formula is C15H27N3O3. The van der Waals surface area contributed by atoms with Crippen LogP contribution in [0.1, 0.15) is 45.4 Å². The van der Waals surface area contributed by atoms with Gasteiger partial charge in [0.05, 0.1) is 6.42 Å². The molecule has 1 heterocycles. The third-order valence-electron chi connectivity index (χ3n) is 4.17. The Morgan fingerprint density at radius 3 is 2.52 bits per heavy atom. The van der Waals surface area contributed by atoms with Gasteiger partial charge in [-0.15, -0.1) is 0 Å². The van der Waals surface area contributed by atoms with Crippen molar-refractivity contribution in [1.82, 2.24) is 15.1 Å². The highest BCUT2D eigenvalue weighted by Gasteiger charge is 2.33. The number of amides is 2. The first-order valence-electron chi connectivity index (χ1n) is 8.07. The zero-order valence-corrected chi connectivity index (χ0v) is 12.9. The molecular weight excluding hydrogens is 270 g/mol. The number of likely N-dealkylation sites (tertiary alicyclic amines) is 1. The largest absolute Gasteiger partial charge is 0.481 e. The maximum atomic E-state index is 12.3. The molecule has 0 aromatic rings. The Kier molecular flexibility index (Phi) is 5.85. The van der Waals surface area contributed by atoms with E-state index < -0.39 is 5.97 Å². The van der Waals surface area contributed by atoms with Crippen LogP contribution in [0.2, 0.25) is 0 Å². The molecule has 2 rings (SSSR count). The molecule has 1 aliphatic heterocycles. The molecule has 1 aliphatic carbocycles. The van der Waals surface area contributed by atoms with Gasteiger partial charge in [-0.05, 0) is 45.7 Å². The smallest absolute Gasteiger partial charge is 0.317 e. The van der Waals surface area contributed by atoms with Gasteiger partial charge < -0.3 is 20.2 Å². The molecule has 1 saturated carbocycles. The summed E-state index contributed by atoms with van der Waals surface area (Å²) in [5.41, 5.74) is 0. The number of hydrogen-bond donors (Lipinski definition) is 2. The lowest BCUT2D eigenvalue weighted by atomic mass is 10.1. The maximum absolute atomic E-state index is 12.3. The summed E-state index contributed by atoms with van der Waals surface area (Å²) in [6.07, 6.45) is 5.80. The van der Waals surface area contributed by atoms with Gasteiger partial charge in [-0.2, -0.15) is 0 Å². The standard InChI is InChI=1S/C15H27N3O3/c1-12(11-17-8-3-2-4-9-17)16-15(21)18(13-5-6-13)10-7-14(19)20/h12-13H,2-11H2,1H3,(H,16,21)(H,19,20). The van der Waals surface area contributed by atoms with E-state index in [0.717, 1.165) is 32.5 Å². The van der Waals surface area contributed by atoms with E-state index in [9.17, 15) is 9.59 Å². The van der Waals surface area contributed by atoms with Gasteiger partial charge >= 0.3 is 12.0 Å². The summed E-state index contributed by atoms with van der Waals surface area (Å²) >= 11 is 0. The lowest BCUT2D eigenvalue weighted by Crippen LogP contribution is -2.49. The Morgan fingerprint density at radius 2 is 1.95 bits per heavy atom. The highest BCUT2D eigenvalue weighted by atomic mass is 16.4. The Hall–Kier alpha value is -1.30. The van der Waals surface area contributed by atoms with Gasteiger partial charge in [0.2, 0.25) is 0 Å². The highest BCUT2D eigenvalue weighted by molar-refractivity contribution is 5.76. The van der Waals surface area contributed by atoms with Crippen molar-refractivity contribution in [2.45, 2.75) is 57.5 Å². The average Bonchev–Trinajstić information content (AvgIpc) is 3.24. The lowest BCUT2D eigenvalue weighted by molar-refractivity contribution is -0.137. The number of nitrogens with zero attached hydrogens (tertiary/aromatic N) is 2. The predicted octanol–water partition coefficient (Wildman–Crippen LogP) is 1.51. The van der Waals surface area contributed by atoms with E-state index >= 15 is 0 Å². The van der Waals surface area contributed by atoms with Crippen LogP contribution >= 0.6 is 0 Å². The van der Waals surface area contributed by atoms with Crippen LogP contribution in [0.25, 0.3) is 0 Å². The van der Waals surface area contributed by atoms with Gasteiger partial charge in [0.25, 0.3) is 0 Å². The second kappa shape index (κ2) is 7.64. The third kappa shape index (κ3) is 5.53. The summed E-state index contributed by atoms with van der Waals surface area (Å²) in [5, 5.41) is 11.8. The summed E-state index contributed by atoms with van der Waals surface area (Å²) in [5.74, 6) is -0.852. The minimum atomic E-state index is -0.852. The number of carboxylic acid groups (broad SMARTS) is 1. The molecule has 1 atom stereocenters.